The van der Waals surface area contributed by atoms with Crippen LogP contribution in [-0.4, -0.2) is 28.4 Å². The average Bonchev–Trinajstić information content (AvgIpc) is 2.88. The van der Waals surface area contributed by atoms with Crippen molar-refractivity contribution >= 4 is 23.3 Å². The number of hydrazone groups is 1. The molecule has 1 aromatic heterocycles. The highest BCUT2D eigenvalue weighted by molar-refractivity contribution is 6.30. The monoisotopic (exact) mass is 562 g/mol. The van der Waals surface area contributed by atoms with Gasteiger partial charge in [-0.1, -0.05) is 41.9 Å². The van der Waals surface area contributed by atoms with Crippen LogP contribution in [0.25, 0.3) is 0 Å². The summed E-state index contributed by atoms with van der Waals surface area (Å²) in [6.45, 7) is 4.89. The van der Waals surface area contributed by atoms with Gasteiger partial charge in [0.1, 0.15) is 0 Å². The first kappa shape index (κ1) is 29.7. The zero-order chi connectivity index (χ0) is 28.8. The van der Waals surface area contributed by atoms with Crippen LogP contribution in [0, 0.1) is 0 Å². The molecule has 1 amide bonds. The lowest BCUT2D eigenvalue weighted by atomic mass is 9.85. The number of benzene rings is 2. The van der Waals surface area contributed by atoms with Gasteiger partial charge >= 0.3 is 6.18 Å². The van der Waals surface area contributed by atoms with Crippen molar-refractivity contribution in [3.8, 4) is 5.88 Å². The maximum atomic E-state index is 13.3. The standard InChI is InChI=1S/C27H30ClF3N6O2/c1-16(35-25(38)26(2,3)39-23-12-9-20(15-34-23)27(29,30)31)22(13-17-7-10-21(28)11-8-17)18-5-4-6-19(14-18)24(32)36-37-33/h4-12,14-16,22,37H,13,33H2,1-3H3,(H2,32,36)(H,35,38). The second-order valence-corrected chi connectivity index (χ2v) is 9.88. The Morgan fingerprint density at radius 3 is 2.41 bits per heavy atom. The summed E-state index contributed by atoms with van der Waals surface area (Å²) in [6.07, 6.45) is -3.31. The summed E-state index contributed by atoms with van der Waals surface area (Å²) >= 11 is 6.05. The molecule has 0 bridgehead atoms. The number of carbonyl (C=O) groups is 1. The number of aromatic nitrogens is 1. The van der Waals surface area contributed by atoms with Crippen LogP contribution in [0.4, 0.5) is 13.2 Å². The van der Waals surface area contributed by atoms with E-state index in [1.807, 2.05) is 37.3 Å². The largest absolute Gasteiger partial charge is 0.462 e. The Kier molecular flexibility index (Phi) is 9.41. The molecule has 0 aliphatic heterocycles. The molecule has 6 N–H and O–H groups in total. The molecule has 0 aliphatic rings. The molecule has 12 heteroatoms. The highest BCUT2D eigenvalue weighted by atomic mass is 35.5. The van der Waals surface area contributed by atoms with Gasteiger partial charge in [-0.3, -0.25) is 4.79 Å². The molecule has 3 aromatic rings. The topological polar surface area (TPSA) is 128 Å². The number of rotatable bonds is 10. The molecule has 2 atom stereocenters. The van der Waals surface area contributed by atoms with Gasteiger partial charge in [0.05, 0.1) is 5.56 Å². The lowest BCUT2D eigenvalue weighted by molar-refractivity contribution is -0.138. The van der Waals surface area contributed by atoms with Crippen molar-refractivity contribution in [2.24, 2.45) is 16.7 Å². The van der Waals surface area contributed by atoms with Crippen LogP contribution >= 0.6 is 11.6 Å². The number of pyridine rings is 1. The van der Waals surface area contributed by atoms with Crippen molar-refractivity contribution in [3.63, 3.8) is 0 Å². The minimum atomic E-state index is -4.53. The van der Waals surface area contributed by atoms with Gasteiger partial charge in [-0.05, 0) is 62.6 Å². The van der Waals surface area contributed by atoms with Gasteiger partial charge in [0, 0.05) is 34.8 Å². The Bertz CT molecular complexity index is 1300. The number of alkyl halides is 3. The second-order valence-electron chi connectivity index (χ2n) is 9.45. The maximum absolute atomic E-state index is 13.3. The Morgan fingerprint density at radius 2 is 1.82 bits per heavy atom. The van der Waals surface area contributed by atoms with Crippen molar-refractivity contribution < 1.29 is 22.7 Å². The normalized spacial score (nSPS) is 13.9. The van der Waals surface area contributed by atoms with Gasteiger partial charge < -0.3 is 15.8 Å². The first-order chi connectivity index (χ1) is 18.3. The Morgan fingerprint density at radius 1 is 1.13 bits per heavy atom. The number of nitrogens with zero attached hydrogens (tertiary/aromatic N) is 2. The van der Waals surface area contributed by atoms with Gasteiger partial charge in [-0.25, -0.2) is 16.4 Å². The number of amidine groups is 1. The van der Waals surface area contributed by atoms with Crippen molar-refractivity contribution in [3.05, 3.63) is 94.1 Å². The first-order valence-electron chi connectivity index (χ1n) is 12.0. The van der Waals surface area contributed by atoms with Gasteiger partial charge in [0.2, 0.25) is 5.88 Å². The highest BCUT2D eigenvalue weighted by Crippen LogP contribution is 2.30. The van der Waals surface area contributed by atoms with Gasteiger partial charge in [-0.2, -0.15) is 13.2 Å². The molecule has 39 heavy (non-hydrogen) atoms. The van der Waals surface area contributed by atoms with Crippen LogP contribution in [0.3, 0.4) is 0 Å². The quantitative estimate of drug-likeness (QED) is 0.124. The molecular weight excluding hydrogens is 533 g/mol. The summed E-state index contributed by atoms with van der Waals surface area (Å²) < 4.78 is 44.2. The molecule has 2 aromatic carbocycles. The van der Waals surface area contributed by atoms with E-state index in [0.29, 0.717) is 23.2 Å². The van der Waals surface area contributed by atoms with Gasteiger partial charge in [0.15, 0.2) is 11.4 Å². The minimum absolute atomic E-state index is 0.107. The molecular formula is C27H30ClF3N6O2. The van der Waals surface area contributed by atoms with E-state index in [0.717, 1.165) is 23.3 Å². The first-order valence-corrected chi connectivity index (χ1v) is 12.3. The Labute approximate surface area is 229 Å². The molecule has 208 valence electrons. The van der Waals surface area contributed by atoms with Crippen LogP contribution in [0.1, 0.15) is 48.9 Å². The average molecular weight is 563 g/mol. The Hall–Kier alpha value is -3.83. The number of hydrazine groups is 1. The number of nitrogens with two attached hydrogens (primary N) is 2. The minimum Gasteiger partial charge on any atom is -0.462 e. The molecule has 0 aliphatic carbocycles. The lowest BCUT2D eigenvalue weighted by Gasteiger charge is -2.31. The van der Waals surface area contributed by atoms with Crippen molar-refractivity contribution in [1.82, 2.24) is 15.8 Å². The summed E-state index contributed by atoms with van der Waals surface area (Å²) in [6, 6.07) is 16.3. The number of ether oxygens (including phenoxy) is 1. The van der Waals surface area contributed by atoms with Crippen LogP contribution in [-0.2, 0) is 17.4 Å². The number of nitrogens with one attached hydrogen (secondary N) is 2. The number of carbonyl (C=O) groups excluding carboxylic acids is 1. The van der Waals surface area contributed by atoms with E-state index >= 15 is 0 Å². The molecule has 0 spiro atoms. The van der Waals surface area contributed by atoms with Crippen LogP contribution in [0.5, 0.6) is 5.88 Å². The van der Waals surface area contributed by atoms with Crippen molar-refractivity contribution in [2.45, 2.75) is 50.9 Å². The SMILES string of the molecule is CC(NC(=O)C(C)(C)Oc1ccc(C(F)(F)F)cn1)C(Cc1ccc(Cl)cc1)c1cccc(/C(N)=N/NN)c1. The van der Waals surface area contributed by atoms with Crippen LogP contribution < -0.4 is 27.2 Å². The van der Waals surface area contributed by atoms with E-state index in [4.69, 9.17) is 27.9 Å². The zero-order valence-electron chi connectivity index (χ0n) is 21.6. The van der Waals surface area contributed by atoms with E-state index in [1.54, 1.807) is 18.2 Å². The summed E-state index contributed by atoms with van der Waals surface area (Å²) in [4.78, 5) is 17.0. The zero-order valence-corrected chi connectivity index (χ0v) is 22.3. The number of amides is 1. The van der Waals surface area contributed by atoms with E-state index in [2.05, 4.69) is 20.9 Å². The predicted octanol–water partition coefficient (Wildman–Crippen LogP) is 4.53. The summed E-state index contributed by atoms with van der Waals surface area (Å²) in [7, 11) is 0. The maximum Gasteiger partial charge on any atom is 0.417 e. The lowest BCUT2D eigenvalue weighted by Crippen LogP contribution is -2.51. The fourth-order valence-electron chi connectivity index (χ4n) is 3.92. The Balaban J connectivity index is 1.83. The highest BCUT2D eigenvalue weighted by Gasteiger charge is 2.34. The molecule has 0 saturated heterocycles. The van der Waals surface area contributed by atoms with Gasteiger partial charge in [-0.15, -0.1) is 5.10 Å². The predicted molar refractivity (Wildman–Crippen MR) is 144 cm³/mol. The van der Waals surface area contributed by atoms with E-state index < -0.39 is 29.3 Å². The van der Waals surface area contributed by atoms with E-state index in [-0.39, 0.29) is 17.6 Å². The third-order valence-electron chi connectivity index (χ3n) is 6.10. The van der Waals surface area contributed by atoms with Crippen molar-refractivity contribution in [2.75, 3.05) is 0 Å². The molecule has 8 nitrogen and oxygen atoms in total. The summed E-state index contributed by atoms with van der Waals surface area (Å²) in [5, 5.41) is 7.42. The molecule has 0 fully saturated rings. The van der Waals surface area contributed by atoms with Gasteiger partial charge in [0.25, 0.3) is 5.91 Å². The fraction of sp³-hybridized carbons (Fsp3) is 0.296. The second kappa shape index (κ2) is 12.4. The summed E-state index contributed by atoms with van der Waals surface area (Å²) in [5.74, 6) is 4.67. The number of hydrogen-bond acceptors (Lipinski definition) is 6. The molecule has 0 radical (unpaired) electrons. The number of hydrogen-bond donors (Lipinski definition) is 4. The van der Waals surface area contributed by atoms with Crippen LogP contribution in [0.2, 0.25) is 5.02 Å². The molecule has 0 saturated carbocycles. The third-order valence-corrected chi connectivity index (χ3v) is 6.35. The van der Waals surface area contributed by atoms with E-state index in [9.17, 15) is 18.0 Å². The molecule has 2 unspecified atom stereocenters. The smallest absolute Gasteiger partial charge is 0.417 e. The van der Waals surface area contributed by atoms with Crippen LogP contribution in [0.15, 0.2) is 72.0 Å². The van der Waals surface area contributed by atoms with E-state index in [1.165, 1.54) is 13.8 Å². The molecule has 1 heterocycles. The fourth-order valence-corrected chi connectivity index (χ4v) is 4.04. The number of halogens is 4. The summed E-state index contributed by atoms with van der Waals surface area (Å²) in [5.41, 5.74) is 8.35. The molecule has 3 rings (SSSR count). The van der Waals surface area contributed by atoms with Crippen molar-refractivity contribution in [1.29, 1.82) is 0 Å². The third kappa shape index (κ3) is 8.08.